The van der Waals surface area contributed by atoms with Crippen LogP contribution in [0.3, 0.4) is 0 Å². The van der Waals surface area contributed by atoms with E-state index in [1.165, 1.54) is 18.5 Å². The first-order valence-corrected chi connectivity index (χ1v) is 13.0. The molecule has 194 valence electrons. The van der Waals surface area contributed by atoms with Gasteiger partial charge in [-0.25, -0.2) is 32.7 Å². The first kappa shape index (κ1) is 24.9. The minimum absolute atomic E-state index is 0.0233. The van der Waals surface area contributed by atoms with Gasteiger partial charge < -0.3 is 14.6 Å². The molecule has 1 aromatic carbocycles. The highest BCUT2D eigenvalue weighted by Crippen LogP contribution is 2.37. The van der Waals surface area contributed by atoms with Crippen molar-refractivity contribution in [1.29, 1.82) is 0 Å². The Morgan fingerprint density at radius 2 is 1.78 bits per heavy atom. The van der Waals surface area contributed by atoms with Crippen molar-refractivity contribution < 1.29 is 30.4 Å². The fraction of sp³-hybridized carbons (Fsp3) is 0.304. The van der Waals surface area contributed by atoms with E-state index >= 15 is 0 Å². The molecule has 9 nitrogen and oxygen atoms in total. The van der Waals surface area contributed by atoms with Crippen LogP contribution < -0.4 is 10.2 Å². The molecule has 1 aliphatic heterocycles. The Morgan fingerprint density at radius 3 is 2.41 bits per heavy atom. The summed E-state index contributed by atoms with van der Waals surface area (Å²) in [4.78, 5) is 17.9. The van der Waals surface area contributed by atoms with Crippen LogP contribution in [-0.4, -0.2) is 47.7 Å². The Bertz CT molecular complexity index is 1550. The van der Waals surface area contributed by atoms with Gasteiger partial charge in [0.05, 0.1) is 22.4 Å². The van der Waals surface area contributed by atoms with Gasteiger partial charge in [-0.1, -0.05) is 0 Å². The van der Waals surface area contributed by atoms with Crippen molar-refractivity contribution >= 4 is 38.4 Å². The molecule has 0 bridgehead atoms. The highest BCUT2D eigenvalue weighted by atomic mass is 32.2. The maximum absolute atomic E-state index is 14.5. The lowest BCUT2D eigenvalue weighted by atomic mass is 9.90. The number of anilines is 3. The summed E-state index contributed by atoms with van der Waals surface area (Å²) in [5.41, 5.74) is 0.829. The SMILES string of the molecule is CS(=O)(=O)c1ccc(Nc2ncnc3c(C4CCN(c5ncc(C(F)(F)F)cn5)CC4)coc23)c(F)c1. The van der Waals surface area contributed by atoms with Gasteiger partial charge in [0.1, 0.15) is 17.7 Å². The van der Waals surface area contributed by atoms with Crippen LogP contribution in [0.1, 0.15) is 29.9 Å². The molecule has 0 radical (unpaired) electrons. The number of hydrogen-bond acceptors (Lipinski definition) is 9. The summed E-state index contributed by atoms with van der Waals surface area (Å²) in [5.74, 6) is -0.251. The van der Waals surface area contributed by atoms with Crippen LogP contribution in [0.15, 0.2) is 52.5 Å². The first-order valence-electron chi connectivity index (χ1n) is 11.1. The van der Waals surface area contributed by atoms with Crippen LogP contribution in [-0.2, 0) is 16.0 Å². The Kier molecular flexibility index (Phi) is 6.22. The van der Waals surface area contributed by atoms with Gasteiger partial charge in [0.2, 0.25) is 5.95 Å². The first-order chi connectivity index (χ1) is 17.5. The number of furan rings is 1. The van der Waals surface area contributed by atoms with Crippen LogP contribution in [0.5, 0.6) is 0 Å². The predicted molar refractivity (Wildman–Crippen MR) is 126 cm³/mol. The fourth-order valence-electron chi connectivity index (χ4n) is 4.22. The number of piperidine rings is 1. The second kappa shape index (κ2) is 9.25. The Balaban J connectivity index is 1.32. The van der Waals surface area contributed by atoms with Gasteiger partial charge in [-0.3, -0.25) is 0 Å². The topological polar surface area (TPSA) is 114 Å². The van der Waals surface area contributed by atoms with Gasteiger partial charge in [-0.2, -0.15) is 13.2 Å². The summed E-state index contributed by atoms with van der Waals surface area (Å²) in [6, 6.07) is 3.53. The third-order valence-electron chi connectivity index (χ3n) is 6.19. The molecule has 0 unspecified atom stereocenters. The highest BCUT2D eigenvalue weighted by molar-refractivity contribution is 7.90. The van der Waals surface area contributed by atoms with E-state index in [0.717, 1.165) is 30.3 Å². The summed E-state index contributed by atoms with van der Waals surface area (Å²) in [6.45, 7) is 1.05. The third kappa shape index (κ3) is 5.05. The molecule has 0 aliphatic carbocycles. The van der Waals surface area contributed by atoms with Crippen LogP contribution in [0.25, 0.3) is 11.1 Å². The van der Waals surface area contributed by atoms with E-state index in [1.54, 1.807) is 6.26 Å². The van der Waals surface area contributed by atoms with E-state index in [4.69, 9.17) is 4.42 Å². The summed E-state index contributed by atoms with van der Waals surface area (Å²) < 4.78 is 81.9. The van der Waals surface area contributed by atoms with Crippen LogP contribution >= 0.6 is 0 Å². The molecule has 4 heterocycles. The van der Waals surface area contributed by atoms with Crippen molar-refractivity contribution in [2.45, 2.75) is 29.8 Å². The van der Waals surface area contributed by atoms with Crippen molar-refractivity contribution in [3.05, 3.63) is 60.1 Å². The molecule has 14 heteroatoms. The van der Waals surface area contributed by atoms with Crippen molar-refractivity contribution in [3.63, 3.8) is 0 Å². The smallest absolute Gasteiger partial charge is 0.419 e. The molecule has 4 aromatic rings. The zero-order valence-corrected chi connectivity index (χ0v) is 20.1. The highest BCUT2D eigenvalue weighted by Gasteiger charge is 2.32. The zero-order chi connectivity index (χ0) is 26.4. The summed E-state index contributed by atoms with van der Waals surface area (Å²) in [6.07, 6.45) is 2.27. The monoisotopic (exact) mass is 536 g/mol. The molecule has 0 spiro atoms. The van der Waals surface area contributed by atoms with E-state index in [9.17, 15) is 26.0 Å². The van der Waals surface area contributed by atoms with E-state index in [2.05, 4.69) is 25.3 Å². The van der Waals surface area contributed by atoms with Crippen LogP contribution in [0.4, 0.5) is 35.0 Å². The number of nitrogens with one attached hydrogen (secondary N) is 1. The van der Waals surface area contributed by atoms with Crippen LogP contribution in [0, 0.1) is 5.82 Å². The van der Waals surface area contributed by atoms with Gasteiger partial charge in [0.25, 0.3) is 0 Å². The van der Waals surface area contributed by atoms with Crippen molar-refractivity contribution in [2.24, 2.45) is 0 Å². The Labute approximate surface area is 208 Å². The number of nitrogens with zero attached hydrogens (tertiary/aromatic N) is 5. The average Bonchev–Trinajstić information content (AvgIpc) is 3.29. The third-order valence-corrected chi connectivity index (χ3v) is 7.30. The average molecular weight is 537 g/mol. The number of sulfone groups is 1. The number of rotatable bonds is 5. The Hall–Kier alpha value is -3.81. The molecule has 0 saturated carbocycles. The molecular formula is C23H20F4N6O3S. The number of benzene rings is 1. The maximum Gasteiger partial charge on any atom is 0.419 e. The van der Waals surface area contributed by atoms with Gasteiger partial charge in [-0.05, 0) is 37.0 Å². The maximum atomic E-state index is 14.5. The molecule has 5 rings (SSSR count). The molecule has 1 aliphatic rings. The molecule has 3 aromatic heterocycles. The molecule has 0 amide bonds. The number of fused-ring (bicyclic) bond motifs is 1. The minimum atomic E-state index is -4.49. The molecule has 1 N–H and O–H groups in total. The number of aromatic nitrogens is 4. The second-order valence-electron chi connectivity index (χ2n) is 8.66. The largest absolute Gasteiger partial charge is 0.458 e. The van der Waals surface area contributed by atoms with E-state index < -0.39 is 27.4 Å². The summed E-state index contributed by atoms with van der Waals surface area (Å²) in [7, 11) is -3.56. The van der Waals surface area contributed by atoms with Gasteiger partial charge in [0.15, 0.2) is 21.2 Å². The summed E-state index contributed by atoms with van der Waals surface area (Å²) in [5, 5.41) is 2.83. The normalized spacial score (nSPS) is 15.3. The van der Waals surface area contributed by atoms with E-state index in [1.807, 2.05) is 4.90 Å². The number of halogens is 4. The summed E-state index contributed by atoms with van der Waals surface area (Å²) >= 11 is 0. The fourth-order valence-corrected chi connectivity index (χ4v) is 4.86. The number of hydrogen-bond donors (Lipinski definition) is 1. The zero-order valence-electron chi connectivity index (χ0n) is 19.3. The molecular weight excluding hydrogens is 516 g/mol. The van der Waals surface area contributed by atoms with Gasteiger partial charge in [0, 0.05) is 37.3 Å². The lowest BCUT2D eigenvalue weighted by molar-refractivity contribution is -0.138. The van der Waals surface area contributed by atoms with Crippen molar-refractivity contribution in [2.75, 3.05) is 29.6 Å². The van der Waals surface area contributed by atoms with Gasteiger partial charge in [-0.15, -0.1) is 0 Å². The molecule has 1 fully saturated rings. The quantitative estimate of drug-likeness (QED) is 0.363. The number of alkyl halides is 3. The molecule has 1 saturated heterocycles. The van der Waals surface area contributed by atoms with Crippen LogP contribution in [0.2, 0.25) is 0 Å². The molecule has 0 atom stereocenters. The van der Waals surface area contributed by atoms with Gasteiger partial charge >= 0.3 is 6.18 Å². The van der Waals surface area contributed by atoms with Crippen molar-refractivity contribution in [3.8, 4) is 0 Å². The van der Waals surface area contributed by atoms with E-state index in [0.29, 0.717) is 37.0 Å². The predicted octanol–water partition coefficient (Wildman–Crippen LogP) is 4.70. The second-order valence-corrected chi connectivity index (χ2v) is 10.7. The standard InChI is InChI=1S/C23H20F4N6O3S/c1-37(34,35)15-2-3-18(17(24)8-15)32-21-20-19(30-12-31-21)16(11-36-20)13-4-6-33(7-5-13)22-28-9-14(10-29-22)23(25,26)27/h2-3,8-13H,4-7H2,1H3,(H,30,31,32). The minimum Gasteiger partial charge on any atom is -0.458 e. The molecule has 37 heavy (non-hydrogen) atoms. The lowest BCUT2D eigenvalue weighted by Gasteiger charge is -2.31. The van der Waals surface area contributed by atoms with E-state index in [-0.39, 0.29) is 28.3 Å². The Morgan fingerprint density at radius 1 is 1.08 bits per heavy atom. The lowest BCUT2D eigenvalue weighted by Crippen LogP contribution is -2.34. The van der Waals surface area contributed by atoms with Crippen molar-refractivity contribution in [1.82, 2.24) is 19.9 Å².